The predicted octanol–water partition coefficient (Wildman–Crippen LogP) is 4.93. The maximum absolute atomic E-state index is 11.6. The van der Waals surface area contributed by atoms with Crippen LogP contribution < -0.4 is 4.74 Å². The highest BCUT2D eigenvalue weighted by atomic mass is 32.1. The smallest absolute Gasteiger partial charge is 0.311 e. The van der Waals surface area contributed by atoms with Gasteiger partial charge in [-0.3, -0.25) is 9.59 Å². The van der Waals surface area contributed by atoms with Crippen LogP contribution in [0.1, 0.15) is 74.4 Å². The van der Waals surface area contributed by atoms with Crippen molar-refractivity contribution in [1.29, 1.82) is 0 Å². The number of carbonyl (C=O) groups is 2. The molecule has 0 aliphatic heterocycles. The molecule has 0 bridgehead atoms. The third-order valence-electron chi connectivity index (χ3n) is 3.43. The molecule has 0 amide bonds. The van der Waals surface area contributed by atoms with Gasteiger partial charge in [-0.25, -0.2) is 0 Å². The number of ether oxygens (including phenoxy) is 1. The lowest BCUT2D eigenvalue weighted by Crippen LogP contribution is -2.05. The molecule has 1 aromatic rings. The summed E-state index contributed by atoms with van der Waals surface area (Å²) in [5.41, 5.74) is 0. The van der Waals surface area contributed by atoms with Gasteiger partial charge in [0, 0.05) is 11.4 Å². The highest BCUT2D eigenvalue weighted by molar-refractivity contribution is 7.12. The lowest BCUT2D eigenvalue weighted by Gasteiger charge is -2.04. The second kappa shape index (κ2) is 11.2. The van der Waals surface area contributed by atoms with Crippen molar-refractivity contribution in [3.05, 3.63) is 16.3 Å². The number of Topliss-reactive ketones (excluding diaryl/α,β-unsaturated/α-hetero) is 1. The quantitative estimate of drug-likeness (QED) is 0.317. The van der Waals surface area contributed by atoms with E-state index in [2.05, 4.69) is 6.92 Å². The maximum atomic E-state index is 11.6. The largest absolute Gasteiger partial charge is 0.493 e. The summed E-state index contributed by atoms with van der Waals surface area (Å²) in [5, 5.41) is 10.4. The number of thiophene rings is 1. The van der Waals surface area contributed by atoms with Crippen LogP contribution in [0.2, 0.25) is 0 Å². The number of carboxylic acid groups (broad SMARTS) is 1. The van der Waals surface area contributed by atoms with E-state index in [-0.39, 0.29) is 5.78 Å². The van der Waals surface area contributed by atoms with Crippen LogP contribution in [0.15, 0.2) is 11.4 Å². The molecule has 0 radical (unpaired) electrons. The first-order valence-electron chi connectivity index (χ1n) is 8.09. The Balaban J connectivity index is 2.09. The monoisotopic (exact) mass is 326 g/mol. The van der Waals surface area contributed by atoms with E-state index >= 15 is 0 Å². The summed E-state index contributed by atoms with van der Waals surface area (Å²) < 4.78 is 5.60. The standard InChI is InChI=1S/C17H26O4S/c1-2-3-4-5-6-7-8-9-10-21-14-11-16(22-13-14)15(18)12-17(19)20/h11,13H,2-10,12H2,1H3,(H,19,20). The fraction of sp³-hybridized carbons (Fsp3) is 0.647. The molecule has 4 nitrogen and oxygen atoms in total. The lowest BCUT2D eigenvalue weighted by atomic mass is 10.1. The van der Waals surface area contributed by atoms with Crippen LogP contribution in [0.25, 0.3) is 0 Å². The number of carbonyl (C=O) groups excluding carboxylic acids is 1. The summed E-state index contributed by atoms with van der Waals surface area (Å²) in [5.74, 6) is -0.791. The van der Waals surface area contributed by atoms with Crippen molar-refractivity contribution in [3.63, 3.8) is 0 Å². The zero-order valence-corrected chi connectivity index (χ0v) is 14.1. The Hall–Kier alpha value is -1.36. The molecule has 124 valence electrons. The number of rotatable bonds is 13. The van der Waals surface area contributed by atoms with Crippen molar-refractivity contribution in [2.75, 3.05) is 6.61 Å². The highest BCUT2D eigenvalue weighted by Gasteiger charge is 2.13. The molecule has 0 aliphatic carbocycles. The van der Waals surface area contributed by atoms with Gasteiger partial charge in [0.05, 0.1) is 11.5 Å². The molecule has 0 spiro atoms. The Morgan fingerprint density at radius 1 is 1.09 bits per heavy atom. The first kappa shape index (κ1) is 18.7. The van der Waals surface area contributed by atoms with Gasteiger partial charge in [-0.05, 0) is 6.42 Å². The van der Waals surface area contributed by atoms with E-state index in [1.807, 2.05) is 0 Å². The molecular weight excluding hydrogens is 300 g/mol. The molecule has 0 saturated carbocycles. The van der Waals surface area contributed by atoms with Gasteiger partial charge in [0.15, 0.2) is 5.78 Å². The Bertz CT molecular complexity index is 453. The second-order valence-electron chi connectivity index (χ2n) is 5.46. The van der Waals surface area contributed by atoms with Crippen LogP contribution in [0.3, 0.4) is 0 Å². The van der Waals surface area contributed by atoms with Gasteiger partial charge < -0.3 is 9.84 Å². The van der Waals surface area contributed by atoms with Gasteiger partial charge >= 0.3 is 5.97 Å². The van der Waals surface area contributed by atoms with Crippen molar-refractivity contribution in [3.8, 4) is 5.75 Å². The Labute approximate surface area is 136 Å². The molecule has 1 rings (SSSR count). The number of carboxylic acids is 1. The molecule has 0 saturated heterocycles. The number of aliphatic carboxylic acids is 1. The zero-order valence-electron chi connectivity index (χ0n) is 13.3. The van der Waals surface area contributed by atoms with Gasteiger partial charge in [-0.1, -0.05) is 51.9 Å². The Morgan fingerprint density at radius 3 is 2.36 bits per heavy atom. The minimum Gasteiger partial charge on any atom is -0.493 e. The first-order chi connectivity index (χ1) is 10.6. The fourth-order valence-electron chi connectivity index (χ4n) is 2.19. The van der Waals surface area contributed by atoms with Crippen LogP contribution in [0.4, 0.5) is 0 Å². The summed E-state index contributed by atoms with van der Waals surface area (Å²) in [6.45, 7) is 2.88. The summed E-state index contributed by atoms with van der Waals surface area (Å²) in [7, 11) is 0. The second-order valence-corrected chi connectivity index (χ2v) is 6.37. The van der Waals surface area contributed by atoms with E-state index in [0.717, 1.165) is 6.42 Å². The van der Waals surface area contributed by atoms with Gasteiger partial charge in [0.25, 0.3) is 0 Å². The molecule has 0 fully saturated rings. The van der Waals surface area contributed by atoms with Crippen LogP contribution >= 0.6 is 11.3 Å². The van der Waals surface area contributed by atoms with Crippen LogP contribution in [-0.2, 0) is 4.79 Å². The van der Waals surface area contributed by atoms with E-state index in [1.54, 1.807) is 11.4 Å². The molecular formula is C17H26O4S. The van der Waals surface area contributed by atoms with E-state index in [9.17, 15) is 9.59 Å². The fourth-order valence-corrected chi connectivity index (χ4v) is 2.96. The molecule has 1 heterocycles. The van der Waals surface area contributed by atoms with Crippen LogP contribution in [0.5, 0.6) is 5.75 Å². The van der Waals surface area contributed by atoms with Crippen molar-refractivity contribution < 1.29 is 19.4 Å². The molecule has 1 aromatic heterocycles. The normalized spacial score (nSPS) is 10.6. The number of hydrogen-bond acceptors (Lipinski definition) is 4. The van der Waals surface area contributed by atoms with Crippen molar-refractivity contribution in [2.24, 2.45) is 0 Å². The van der Waals surface area contributed by atoms with Crippen molar-refractivity contribution in [1.82, 2.24) is 0 Å². The Kier molecular flexibility index (Phi) is 9.55. The molecule has 0 atom stereocenters. The number of hydrogen-bond donors (Lipinski definition) is 1. The van der Waals surface area contributed by atoms with Gasteiger partial charge in [-0.2, -0.15) is 0 Å². The van der Waals surface area contributed by atoms with Gasteiger partial charge in [-0.15, -0.1) is 11.3 Å². The first-order valence-corrected chi connectivity index (χ1v) is 8.97. The Morgan fingerprint density at radius 2 is 1.73 bits per heavy atom. The van der Waals surface area contributed by atoms with E-state index < -0.39 is 12.4 Å². The molecule has 5 heteroatoms. The minimum absolute atomic E-state index is 0.362. The lowest BCUT2D eigenvalue weighted by molar-refractivity contribution is -0.135. The minimum atomic E-state index is -1.10. The predicted molar refractivity (Wildman–Crippen MR) is 89.0 cm³/mol. The molecule has 0 aliphatic rings. The highest BCUT2D eigenvalue weighted by Crippen LogP contribution is 2.23. The zero-order chi connectivity index (χ0) is 16.2. The average molecular weight is 326 g/mol. The summed E-state index contributed by atoms with van der Waals surface area (Å²) in [4.78, 5) is 22.5. The van der Waals surface area contributed by atoms with Crippen LogP contribution in [0, 0.1) is 0 Å². The number of unbranched alkanes of at least 4 members (excludes halogenated alkanes) is 7. The van der Waals surface area contributed by atoms with Crippen molar-refractivity contribution in [2.45, 2.75) is 64.7 Å². The van der Waals surface area contributed by atoms with E-state index in [0.29, 0.717) is 17.2 Å². The topological polar surface area (TPSA) is 63.6 Å². The molecule has 0 aromatic carbocycles. The summed E-state index contributed by atoms with van der Waals surface area (Å²) in [6, 6.07) is 1.64. The van der Waals surface area contributed by atoms with Gasteiger partial charge in [0.2, 0.25) is 0 Å². The molecule has 0 unspecified atom stereocenters. The van der Waals surface area contributed by atoms with Gasteiger partial charge in [0.1, 0.15) is 12.2 Å². The van der Waals surface area contributed by atoms with Crippen molar-refractivity contribution >= 4 is 23.1 Å². The molecule has 1 N–H and O–H groups in total. The SMILES string of the molecule is CCCCCCCCCCOc1csc(C(=O)CC(=O)O)c1. The average Bonchev–Trinajstić information content (AvgIpc) is 2.94. The third kappa shape index (κ3) is 8.17. The van der Waals surface area contributed by atoms with E-state index in [1.165, 1.54) is 56.3 Å². The van der Waals surface area contributed by atoms with E-state index in [4.69, 9.17) is 9.84 Å². The van der Waals surface area contributed by atoms with Crippen LogP contribution in [-0.4, -0.2) is 23.5 Å². The summed E-state index contributed by atoms with van der Waals surface area (Å²) in [6.07, 6.45) is 9.56. The maximum Gasteiger partial charge on any atom is 0.311 e. The number of ketones is 1. The summed E-state index contributed by atoms with van der Waals surface area (Å²) >= 11 is 1.24. The molecule has 22 heavy (non-hydrogen) atoms. The third-order valence-corrected chi connectivity index (χ3v) is 4.38.